The Balaban J connectivity index is 1.81. The van der Waals surface area contributed by atoms with Crippen molar-refractivity contribution in [1.82, 2.24) is 0 Å². The number of hydrogen-bond acceptors (Lipinski definition) is 6. The molecule has 0 saturated carbocycles. The van der Waals surface area contributed by atoms with Crippen LogP contribution < -0.4 is 18.5 Å². The molecule has 0 bridgehead atoms. The van der Waals surface area contributed by atoms with E-state index in [4.69, 9.17) is 18.5 Å². The van der Waals surface area contributed by atoms with Crippen LogP contribution in [0.25, 0.3) is 0 Å². The van der Waals surface area contributed by atoms with Gasteiger partial charge in [-0.15, -0.1) is 0 Å². The van der Waals surface area contributed by atoms with Gasteiger partial charge in [0.2, 0.25) is 0 Å². The Morgan fingerprint density at radius 3 is 1.55 bits per heavy atom. The van der Waals surface area contributed by atoms with Gasteiger partial charge in [-0.1, -0.05) is 63.2 Å². The van der Waals surface area contributed by atoms with E-state index in [2.05, 4.69) is 0 Å². The Morgan fingerprint density at radius 2 is 1.10 bits per heavy atom. The van der Waals surface area contributed by atoms with E-state index in [-0.39, 0.29) is 0 Å². The smallest absolute Gasteiger partial charge is 0.441 e. The minimum atomic E-state index is -2.28. The van der Waals surface area contributed by atoms with Crippen molar-refractivity contribution < 1.29 is 27.7 Å². The molecule has 0 fully saturated rings. The molecule has 0 aliphatic rings. The second kappa shape index (κ2) is 13.6. The molecular weight excluding hydrogens is 542 g/mol. The van der Waals surface area contributed by atoms with E-state index in [1.165, 1.54) is 0 Å². The zero-order chi connectivity index (χ0) is 29.5. The normalized spacial score (nSPS) is 14.9. The summed E-state index contributed by atoms with van der Waals surface area (Å²) < 4.78 is 52.0. The Labute approximate surface area is 241 Å². The van der Waals surface area contributed by atoms with Crippen molar-refractivity contribution in [3.8, 4) is 23.0 Å². The Hall–Kier alpha value is -2.94. The lowest BCUT2D eigenvalue weighted by molar-refractivity contribution is 0.127. The van der Waals surface area contributed by atoms with E-state index in [0.717, 1.165) is 34.4 Å². The van der Waals surface area contributed by atoms with Crippen molar-refractivity contribution in [2.24, 2.45) is 0 Å². The van der Waals surface area contributed by atoms with Gasteiger partial charge in [0.1, 0.15) is 11.5 Å². The molecule has 3 aromatic carbocycles. The number of rotatable bonds is 14. The molecular formula is C32H42O6P2+2. The lowest BCUT2D eigenvalue weighted by Gasteiger charge is -2.24. The maximum Gasteiger partial charge on any atom is 0.604 e. The number of aryl methyl sites for hydroxylation is 4. The first-order valence-corrected chi connectivity index (χ1v) is 16.2. The second-order valence-electron chi connectivity index (χ2n) is 10.4. The van der Waals surface area contributed by atoms with Crippen LogP contribution in [-0.2, 0) is 9.13 Å². The summed E-state index contributed by atoms with van der Waals surface area (Å²) in [6.07, 6.45) is 2.34. The van der Waals surface area contributed by atoms with E-state index in [9.17, 15) is 9.13 Å². The Morgan fingerprint density at radius 1 is 0.650 bits per heavy atom. The van der Waals surface area contributed by atoms with Crippen LogP contribution >= 0.6 is 16.1 Å². The summed E-state index contributed by atoms with van der Waals surface area (Å²) in [5.74, 6) is 2.15. The average molecular weight is 585 g/mol. The van der Waals surface area contributed by atoms with Gasteiger partial charge in [0.15, 0.2) is 11.5 Å². The molecule has 0 spiro atoms. The maximum atomic E-state index is 13.8. The van der Waals surface area contributed by atoms with Crippen LogP contribution in [0.15, 0.2) is 60.7 Å². The fraction of sp³-hybridized carbons (Fsp3) is 0.438. The predicted octanol–water partition coefficient (Wildman–Crippen LogP) is 10.4. The van der Waals surface area contributed by atoms with Crippen LogP contribution in [0.3, 0.4) is 0 Å². The Bertz CT molecular complexity index is 1320. The first kappa shape index (κ1) is 31.6. The van der Waals surface area contributed by atoms with Crippen LogP contribution in [-0.4, -0.2) is 10.7 Å². The highest BCUT2D eigenvalue weighted by Gasteiger charge is 2.54. The number of ether oxygens (including phenoxy) is 2. The van der Waals surface area contributed by atoms with Crippen LogP contribution in [0.5, 0.6) is 23.0 Å². The highest BCUT2D eigenvalue weighted by atomic mass is 31.1. The molecule has 0 heterocycles. The minimum Gasteiger partial charge on any atom is -0.441 e. The minimum absolute atomic E-state index is 0.347. The lowest BCUT2D eigenvalue weighted by Crippen LogP contribution is -2.33. The average Bonchev–Trinajstić information content (AvgIpc) is 2.92. The molecule has 6 nitrogen and oxygen atoms in total. The molecule has 0 saturated heterocycles. The number of hydrogen-bond donors (Lipinski definition) is 0. The van der Waals surface area contributed by atoms with Crippen molar-refractivity contribution in [2.75, 3.05) is 0 Å². The van der Waals surface area contributed by atoms with Crippen molar-refractivity contribution in [3.63, 3.8) is 0 Å². The van der Waals surface area contributed by atoms with E-state index < -0.39 is 26.7 Å². The van der Waals surface area contributed by atoms with E-state index in [1.54, 1.807) is 31.2 Å². The first-order chi connectivity index (χ1) is 19.0. The predicted molar refractivity (Wildman–Crippen MR) is 163 cm³/mol. The highest BCUT2D eigenvalue weighted by molar-refractivity contribution is 7.41. The van der Waals surface area contributed by atoms with Crippen molar-refractivity contribution in [3.05, 3.63) is 82.9 Å². The van der Waals surface area contributed by atoms with Gasteiger partial charge >= 0.3 is 26.7 Å². The van der Waals surface area contributed by atoms with Crippen LogP contribution in [0.1, 0.15) is 75.6 Å². The third kappa shape index (κ3) is 7.22. The molecule has 3 aromatic rings. The molecule has 8 heteroatoms. The summed E-state index contributed by atoms with van der Waals surface area (Å²) >= 11 is 0. The molecule has 0 radical (unpaired) electrons. The molecule has 0 aromatic heterocycles. The summed E-state index contributed by atoms with van der Waals surface area (Å²) in [6, 6.07) is 18.6. The molecule has 3 rings (SSSR count). The van der Waals surface area contributed by atoms with E-state index >= 15 is 0 Å². The maximum absolute atomic E-state index is 13.8. The van der Waals surface area contributed by atoms with Crippen molar-refractivity contribution >= 4 is 16.1 Å². The monoisotopic (exact) mass is 584 g/mol. The highest BCUT2D eigenvalue weighted by Crippen LogP contribution is 2.50. The van der Waals surface area contributed by atoms with Gasteiger partial charge in [0.25, 0.3) is 0 Å². The van der Waals surface area contributed by atoms with Crippen LogP contribution in [0.4, 0.5) is 0 Å². The summed E-state index contributed by atoms with van der Waals surface area (Å²) in [5.41, 5.74) is 3.91. The fourth-order valence-corrected chi connectivity index (χ4v) is 6.70. The largest absolute Gasteiger partial charge is 0.604 e. The topological polar surface area (TPSA) is 71.1 Å². The first-order valence-electron chi connectivity index (χ1n) is 13.9. The molecule has 214 valence electrons. The zero-order valence-corrected chi connectivity index (χ0v) is 26.7. The fourth-order valence-electron chi connectivity index (χ4n) is 4.48. The molecule has 0 amide bonds. The summed E-state index contributed by atoms with van der Waals surface area (Å²) in [4.78, 5) is 0. The third-order valence-electron chi connectivity index (χ3n) is 7.18. The molecule has 4 unspecified atom stereocenters. The number of benzene rings is 3. The summed E-state index contributed by atoms with van der Waals surface area (Å²) in [6.45, 7) is 15.6. The molecule has 40 heavy (non-hydrogen) atoms. The summed E-state index contributed by atoms with van der Waals surface area (Å²) in [5, 5.41) is -2.05. The summed E-state index contributed by atoms with van der Waals surface area (Å²) in [7, 11) is -4.56. The SMILES string of the molecule is CCCC(CC)(Oc1c(C)cccc1C)[P+](=O)Oc1cccc(O[P+](=O)C(C)(CC)Oc2c(C)cccc2C)c1. The lowest BCUT2D eigenvalue weighted by atomic mass is 10.1. The van der Waals surface area contributed by atoms with Gasteiger partial charge in [-0.2, -0.15) is 0 Å². The zero-order valence-electron chi connectivity index (χ0n) is 24.9. The van der Waals surface area contributed by atoms with Gasteiger partial charge in [0, 0.05) is 32.3 Å². The molecule has 0 N–H and O–H groups in total. The van der Waals surface area contributed by atoms with Gasteiger partial charge in [-0.25, -0.2) is 0 Å². The molecule has 4 atom stereocenters. The quantitative estimate of drug-likeness (QED) is 0.176. The Kier molecular flexibility index (Phi) is 10.8. The van der Waals surface area contributed by atoms with Gasteiger partial charge < -0.3 is 9.47 Å². The van der Waals surface area contributed by atoms with Crippen LogP contribution in [0, 0.1) is 27.7 Å². The van der Waals surface area contributed by atoms with Gasteiger partial charge in [-0.05, 0) is 77.6 Å². The number of para-hydroxylation sites is 2. The second-order valence-corrected chi connectivity index (χ2v) is 13.6. The third-order valence-corrected chi connectivity index (χ3v) is 10.4. The molecule has 0 aliphatic carbocycles. The standard InChI is InChI=1S/C32H42O6P2/c1-9-21-32(11-3,36-30-25(6)17-13-18-26(30)7)40(34)38-28-20-14-19-27(22-28)37-39(33)31(8,10-2)35-29-23(4)15-12-16-24(29)5/h12-20,22H,9-11,21H2,1-8H3/q+2. The van der Waals surface area contributed by atoms with Gasteiger partial charge in [-0.3, -0.25) is 9.05 Å². The van der Waals surface area contributed by atoms with E-state index in [1.807, 2.05) is 84.9 Å². The van der Waals surface area contributed by atoms with Crippen LogP contribution in [0.2, 0.25) is 0 Å². The molecule has 0 aliphatic heterocycles. The van der Waals surface area contributed by atoms with E-state index in [0.29, 0.717) is 36.5 Å². The van der Waals surface area contributed by atoms with Crippen molar-refractivity contribution in [2.45, 2.75) is 91.8 Å². The van der Waals surface area contributed by atoms with Crippen molar-refractivity contribution in [1.29, 1.82) is 0 Å². The van der Waals surface area contributed by atoms with Gasteiger partial charge in [0.05, 0.1) is 0 Å².